The Labute approximate surface area is 198 Å². The van der Waals surface area contributed by atoms with E-state index in [1.807, 2.05) is 10.6 Å². The van der Waals surface area contributed by atoms with Crippen LogP contribution in [0, 0.1) is 0 Å². The number of carbonyl (C=O) groups is 6. The van der Waals surface area contributed by atoms with Crippen LogP contribution in [0.15, 0.2) is 0 Å². The van der Waals surface area contributed by atoms with Crippen LogP contribution in [0.4, 0.5) is 19.2 Å². The van der Waals surface area contributed by atoms with Gasteiger partial charge >= 0.3 is 41.2 Å². The van der Waals surface area contributed by atoms with Gasteiger partial charge in [-0.1, -0.05) is 0 Å². The molecule has 0 bridgehead atoms. The Kier molecular flexibility index (Phi) is 16.7. The van der Waals surface area contributed by atoms with Crippen LogP contribution in [-0.2, 0) is 26.7 Å². The first kappa shape index (κ1) is 34.1. The van der Waals surface area contributed by atoms with E-state index in [-0.39, 0.29) is 55.8 Å². The van der Waals surface area contributed by atoms with Gasteiger partial charge in [0.25, 0.3) is 0 Å². The van der Waals surface area contributed by atoms with Gasteiger partial charge in [0.1, 0.15) is 11.3 Å². The molecule has 0 aromatic heterocycles. The third-order valence-corrected chi connectivity index (χ3v) is 3.52. The summed E-state index contributed by atoms with van der Waals surface area (Å²) in [4.78, 5) is 62.9. The van der Waals surface area contributed by atoms with Crippen molar-refractivity contribution in [3.8, 4) is 0 Å². The second kappa shape index (κ2) is 16.1. The Hall–Kier alpha value is -3.54. The van der Waals surface area contributed by atoms with Gasteiger partial charge in [0.15, 0.2) is 0 Å². The SMILES string of the molecule is NC(=O)NCCC[C@@](N)(NC(N)=O)C(=O)[O-].NC(=O)NCCC[C@@](N)(NC(N)=O)C(=O)[O-].[Cu+2]. The number of carboxylic acid groups (broad SMARTS) is 2. The van der Waals surface area contributed by atoms with Crippen LogP contribution in [0.2, 0.25) is 0 Å². The Morgan fingerprint density at radius 3 is 1.06 bits per heavy atom. The number of aliphatic carboxylic acids is 2. The fraction of sp³-hybridized carbons (Fsp3) is 0.571. The van der Waals surface area contributed by atoms with Crippen molar-refractivity contribution in [2.24, 2.45) is 34.4 Å². The number of urea groups is 4. The standard InChI is InChI=1S/2C7H15N5O4.Cu/c2*8-5(15)11-3-1-2-7(10,4(13)14)12-6(9)16;/h2*1-3,10H2,(H,13,14)(H3,8,11,15)(H3,9,12,16);/q;;+2/p-2/t2*7-;/m11./s1. The van der Waals surface area contributed by atoms with E-state index in [1.54, 1.807) is 0 Å². The molecule has 0 spiro atoms. The summed E-state index contributed by atoms with van der Waals surface area (Å²) in [6.07, 6.45) is 0.0680. The minimum atomic E-state index is -2.05. The summed E-state index contributed by atoms with van der Waals surface area (Å²) in [5.74, 6) is -3.32. The van der Waals surface area contributed by atoms with Crippen LogP contribution in [0.3, 0.4) is 0 Å². The number of hydrogen-bond donors (Lipinski definition) is 10. The van der Waals surface area contributed by atoms with Crippen molar-refractivity contribution in [1.29, 1.82) is 0 Å². The van der Waals surface area contributed by atoms with Crippen molar-refractivity contribution in [3.63, 3.8) is 0 Å². The number of primary amides is 4. The van der Waals surface area contributed by atoms with Gasteiger partial charge in [-0.05, 0) is 25.7 Å². The van der Waals surface area contributed by atoms with Gasteiger partial charge in [0.05, 0.1) is 11.9 Å². The molecule has 0 aromatic rings. The van der Waals surface area contributed by atoms with E-state index in [0.29, 0.717) is 0 Å². The van der Waals surface area contributed by atoms with E-state index in [1.165, 1.54) is 0 Å². The summed E-state index contributed by atoms with van der Waals surface area (Å²) >= 11 is 0. The fourth-order valence-electron chi connectivity index (χ4n) is 2.03. The minimum Gasteiger partial charge on any atom is -0.546 e. The molecule has 193 valence electrons. The van der Waals surface area contributed by atoms with Gasteiger partial charge in [-0.3, -0.25) is 0 Å². The first-order chi connectivity index (χ1) is 14.6. The number of carboxylic acids is 2. The molecule has 18 nitrogen and oxygen atoms in total. The van der Waals surface area contributed by atoms with Gasteiger partial charge in [-0.2, -0.15) is 0 Å². The van der Waals surface area contributed by atoms with Crippen molar-refractivity contribution in [2.75, 3.05) is 13.1 Å². The Bertz CT molecular complexity index is 653. The van der Waals surface area contributed by atoms with Gasteiger partial charge in [0.2, 0.25) is 0 Å². The molecule has 0 unspecified atom stereocenters. The molecular weight excluding hydrogens is 500 g/mol. The summed E-state index contributed by atoms with van der Waals surface area (Å²) in [7, 11) is 0. The summed E-state index contributed by atoms with van der Waals surface area (Å²) in [5, 5.41) is 29.5. The zero-order valence-corrected chi connectivity index (χ0v) is 18.2. The summed E-state index contributed by atoms with van der Waals surface area (Å²) in [5.41, 5.74) is 25.7. The molecule has 0 aliphatic rings. The summed E-state index contributed by atoms with van der Waals surface area (Å²) in [6.45, 7) is 0.254. The smallest absolute Gasteiger partial charge is 0.546 e. The van der Waals surface area contributed by atoms with Crippen molar-refractivity contribution in [2.45, 2.75) is 37.0 Å². The van der Waals surface area contributed by atoms with Crippen LogP contribution in [0.1, 0.15) is 25.7 Å². The third kappa shape index (κ3) is 16.8. The van der Waals surface area contributed by atoms with Crippen LogP contribution in [0.5, 0.6) is 0 Å². The quantitative estimate of drug-likeness (QED) is 0.0648. The topological polar surface area (TPSA) is 353 Å². The molecule has 0 aliphatic heterocycles. The van der Waals surface area contributed by atoms with Gasteiger partial charge < -0.3 is 75.5 Å². The maximum absolute atomic E-state index is 10.7. The molecule has 8 amide bonds. The Morgan fingerprint density at radius 2 is 0.879 bits per heavy atom. The van der Waals surface area contributed by atoms with Gasteiger partial charge in [0, 0.05) is 13.1 Å². The molecule has 0 rings (SSSR count). The number of rotatable bonds is 12. The predicted octanol–water partition coefficient (Wildman–Crippen LogP) is -6.99. The summed E-state index contributed by atoms with van der Waals surface area (Å²) in [6, 6.07) is -3.62. The van der Waals surface area contributed by atoms with Crippen molar-refractivity contribution in [1.82, 2.24) is 21.3 Å². The van der Waals surface area contributed by atoms with E-state index in [2.05, 4.69) is 10.6 Å². The average molecular weight is 528 g/mol. The Morgan fingerprint density at radius 1 is 0.606 bits per heavy atom. The number of nitrogens with two attached hydrogens (primary N) is 6. The fourth-order valence-corrected chi connectivity index (χ4v) is 2.03. The molecule has 1 radical (unpaired) electrons. The second-order valence-corrected chi connectivity index (χ2v) is 6.29. The minimum absolute atomic E-state index is 0. The molecule has 0 fully saturated rings. The first-order valence-electron chi connectivity index (χ1n) is 8.78. The number of hydrogen-bond acceptors (Lipinski definition) is 10. The van der Waals surface area contributed by atoms with E-state index >= 15 is 0 Å². The second-order valence-electron chi connectivity index (χ2n) is 6.29. The first-order valence-corrected chi connectivity index (χ1v) is 8.78. The van der Waals surface area contributed by atoms with Crippen molar-refractivity contribution < 1.29 is 56.0 Å². The number of amides is 8. The molecule has 0 aromatic carbocycles. The average Bonchev–Trinajstić information content (AvgIpc) is 2.61. The molecule has 0 saturated carbocycles. The molecule has 33 heavy (non-hydrogen) atoms. The monoisotopic (exact) mass is 527 g/mol. The third-order valence-electron chi connectivity index (χ3n) is 3.52. The van der Waals surface area contributed by atoms with Crippen molar-refractivity contribution in [3.05, 3.63) is 0 Å². The Balaban J connectivity index is -0.000000529. The van der Waals surface area contributed by atoms with Gasteiger partial charge in [-0.25, -0.2) is 19.2 Å². The normalized spacial score (nSPS) is 13.2. The molecule has 0 saturated heterocycles. The molecular formula is C14H28CuN10O8. The molecule has 0 aliphatic carbocycles. The van der Waals surface area contributed by atoms with E-state index < -0.39 is 47.4 Å². The van der Waals surface area contributed by atoms with Crippen LogP contribution in [0.25, 0.3) is 0 Å². The van der Waals surface area contributed by atoms with E-state index in [0.717, 1.165) is 0 Å². The van der Waals surface area contributed by atoms with E-state index in [9.17, 15) is 39.0 Å². The van der Waals surface area contributed by atoms with Crippen LogP contribution >= 0.6 is 0 Å². The van der Waals surface area contributed by atoms with Crippen molar-refractivity contribution >= 4 is 36.1 Å². The maximum Gasteiger partial charge on any atom is 2.00 e. The van der Waals surface area contributed by atoms with Crippen LogP contribution in [-0.4, -0.2) is 60.5 Å². The molecule has 19 heteroatoms. The molecule has 16 N–H and O–H groups in total. The molecule has 2 atom stereocenters. The largest absolute Gasteiger partial charge is 2.00 e. The zero-order chi connectivity index (χ0) is 25.5. The summed E-state index contributed by atoms with van der Waals surface area (Å²) < 4.78 is 0. The zero-order valence-electron chi connectivity index (χ0n) is 17.3. The predicted molar refractivity (Wildman–Crippen MR) is 103 cm³/mol. The maximum atomic E-state index is 10.7. The molecule has 0 heterocycles. The van der Waals surface area contributed by atoms with E-state index in [4.69, 9.17) is 34.4 Å². The van der Waals surface area contributed by atoms with Crippen LogP contribution < -0.4 is 65.9 Å². The number of nitrogens with one attached hydrogen (secondary N) is 4. The van der Waals surface area contributed by atoms with Gasteiger partial charge in [-0.15, -0.1) is 0 Å². The number of carbonyl (C=O) groups excluding carboxylic acids is 6.